The number of rotatable bonds is 7. The molecule has 14 heavy (non-hydrogen) atoms. The van der Waals surface area contributed by atoms with Gasteiger partial charge in [0.2, 0.25) is 0 Å². The molecule has 2 heteroatoms. The molecule has 0 aliphatic rings. The molecule has 0 fully saturated rings. The fraction of sp³-hybridized carbons (Fsp3) is 0.583. The van der Waals surface area contributed by atoms with Crippen molar-refractivity contribution >= 4 is 0 Å². The molecule has 0 N–H and O–H groups in total. The molecule has 0 aliphatic carbocycles. The van der Waals surface area contributed by atoms with Crippen molar-refractivity contribution in [3.05, 3.63) is 18.5 Å². The largest absolute Gasteiger partial charge is 0.273 e. The van der Waals surface area contributed by atoms with Gasteiger partial charge in [-0.2, -0.15) is 5.10 Å². The second-order valence-corrected chi connectivity index (χ2v) is 3.49. The smallest absolute Gasteiger partial charge is 0.0489 e. The molecule has 1 aromatic rings. The van der Waals surface area contributed by atoms with Gasteiger partial charge in [-0.05, 0) is 18.9 Å². The molecule has 0 saturated heterocycles. The molecule has 0 aromatic carbocycles. The summed E-state index contributed by atoms with van der Waals surface area (Å²) in [4.78, 5) is 0. The minimum absolute atomic E-state index is 0.930. The van der Waals surface area contributed by atoms with Gasteiger partial charge in [0.15, 0.2) is 0 Å². The minimum atomic E-state index is 0.930. The zero-order chi connectivity index (χ0) is 10.1. The van der Waals surface area contributed by atoms with E-state index >= 15 is 0 Å². The molecule has 2 nitrogen and oxygen atoms in total. The van der Waals surface area contributed by atoms with Crippen LogP contribution in [0.25, 0.3) is 0 Å². The van der Waals surface area contributed by atoms with Gasteiger partial charge >= 0.3 is 0 Å². The standard InChI is InChI=1S/C12H18N2/c1-2-3-4-5-6-7-8-11-14-12-9-10-13-14/h1,9-10,12H,3-8,11H2. The summed E-state index contributed by atoms with van der Waals surface area (Å²) in [5, 5.41) is 4.15. The van der Waals surface area contributed by atoms with Crippen molar-refractivity contribution in [2.75, 3.05) is 0 Å². The molecule has 0 amide bonds. The highest BCUT2D eigenvalue weighted by Gasteiger charge is 1.92. The van der Waals surface area contributed by atoms with Crippen LogP contribution in [0, 0.1) is 12.3 Å². The predicted octanol–water partition coefficient (Wildman–Crippen LogP) is 2.86. The summed E-state index contributed by atoms with van der Waals surface area (Å²) in [6, 6.07) is 1.97. The summed E-state index contributed by atoms with van der Waals surface area (Å²) < 4.78 is 1.99. The minimum Gasteiger partial charge on any atom is -0.273 e. The predicted molar refractivity (Wildman–Crippen MR) is 58.8 cm³/mol. The third-order valence-corrected chi connectivity index (χ3v) is 2.27. The SMILES string of the molecule is C#CCCCCCCCn1cccn1. The second kappa shape index (κ2) is 7.20. The van der Waals surface area contributed by atoms with Gasteiger partial charge < -0.3 is 0 Å². The number of unbranched alkanes of at least 4 members (excludes halogenated alkanes) is 5. The molecular formula is C12H18N2. The third kappa shape index (κ3) is 4.71. The van der Waals surface area contributed by atoms with Crippen molar-refractivity contribution in [3.8, 4) is 12.3 Å². The van der Waals surface area contributed by atoms with Crippen LogP contribution in [-0.2, 0) is 6.54 Å². The summed E-state index contributed by atoms with van der Waals surface area (Å²) in [7, 11) is 0. The average Bonchev–Trinajstić information content (AvgIpc) is 2.69. The number of aryl methyl sites for hydroxylation is 1. The van der Waals surface area contributed by atoms with Crippen LogP contribution in [-0.4, -0.2) is 9.78 Å². The Balaban J connectivity index is 1.88. The van der Waals surface area contributed by atoms with E-state index in [-0.39, 0.29) is 0 Å². The number of terminal acetylenes is 1. The van der Waals surface area contributed by atoms with Crippen molar-refractivity contribution in [3.63, 3.8) is 0 Å². The zero-order valence-electron chi connectivity index (χ0n) is 8.65. The van der Waals surface area contributed by atoms with Crippen molar-refractivity contribution < 1.29 is 0 Å². The molecule has 0 atom stereocenters. The number of aromatic nitrogens is 2. The van der Waals surface area contributed by atoms with Crippen LogP contribution >= 0.6 is 0 Å². The van der Waals surface area contributed by atoms with Gasteiger partial charge in [0.1, 0.15) is 0 Å². The van der Waals surface area contributed by atoms with Crippen LogP contribution in [0.1, 0.15) is 38.5 Å². The Morgan fingerprint density at radius 1 is 1.14 bits per heavy atom. The van der Waals surface area contributed by atoms with Crippen molar-refractivity contribution in [2.24, 2.45) is 0 Å². The van der Waals surface area contributed by atoms with Gasteiger partial charge in [0, 0.05) is 25.4 Å². The fourth-order valence-corrected chi connectivity index (χ4v) is 1.46. The molecule has 0 spiro atoms. The van der Waals surface area contributed by atoms with E-state index in [2.05, 4.69) is 11.0 Å². The summed E-state index contributed by atoms with van der Waals surface area (Å²) in [6.07, 6.45) is 16.2. The Morgan fingerprint density at radius 2 is 1.93 bits per heavy atom. The summed E-state index contributed by atoms with van der Waals surface area (Å²) in [6.45, 7) is 1.04. The van der Waals surface area contributed by atoms with E-state index in [4.69, 9.17) is 6.42 Å². The summed E-state index contributed by atoms with van der Waals surface area (Å²) >= 11 is 0. The highest BCUT2D eigenvalue weighted by atomic mass is 15.3. The first kappa shape index (κ1) is 10.8. The van der Waals surface area contributed by atoms with Gasteiger partial charge in [-0.3, -0.25) is 4.68 Å². The maximum absolute atomic E-state index is 5.17. The lowest BCUT2D eigenvalue weighted by Gasteiger charge is -2.01. The Morgan fingerprint density at radius 3 is 2.64 bits per heavy atom. The molecule has 0 aliphatic heterocycles. The first-order valence-electron chi connectivity index (χ1n) is 5.34. The van der Waals surface area contributed by atoms with Crippen LogP contribution in [0.4, 0.5) is 0 Å². The summed E-state index contributed by atoms with van der Waals surface area (Å²) in [5.74, 6) is 2.67. The molecular weight excluding hydrogens is 172 g/mol. The molecule has 0 unspecified atom stereocenters. The number of nitrogens with zero attached hydrogens (tertiary/aromatic N) is 2. The van der Waals surface area contributed by atoms with Gasteiger partial charge in [0.25, 0.3) is 0 Å². The Kier molecular flexibility index (Phi) is 5.58. The average molecular weight is 190 g/mol. The zero-order valence-corrected chi connectivity index (χ0v) is 8.65. The van der Waals surface area contributed by atoms with Gasteiger partial charge in [-0.25, -0.2) is 0 Å². The van der Waals surface area contributed by atoms with Crippen molar-refractivity contribution in [2.45, 2.75) is 45.1 Å². The highest BCUT2D eigenvalue weighted by Crippen LogP contribution is 2.05. The lowest BCUT2D eigenvalue weighted by molar-refractivity contribution is 0.530. The molecule has 0 saturated carbocycles. The van der Waals surface area contributed by atoms with Crippen molar-refractivity contribution in [1.82, 2.24) is 9.78 Å². The van der Waals surface area contributed by atoms with E-state index in [0.29, 0.717) is 0 Å². The number of hydrogen-bond donors (Lipinski definition) is 0. The van der Waals surface area contributed by atoms with Crippen LogP contribution < -0.4 is 0 Å². The topological polar surface area (TPSA) is 17.8 Å². The van der Waals surface area contributed by atoms with Gasteiger partial charge in [-0.15, -0.1) is 12.3 Å². The highest BCUT2D eigenvalue weighted by molar-refractivity contribution is 4.82. The Hall–Kier alpha value is -1.23. The van der Waals surface area contributed by atoms with Crippen molar-refractivity contribution in [1.29, 1.82) is 0 Å². The Labute approximate surface area is 86.3 Å². The van der Waals surface area contributed by atoms with Crippen LogP contribution in [0.5, 0.6) is 0 Å². The van der Waals surface area contributed by atoms with E-state index in [1.165, 1.54) is 32.1 Å². The molecule has 0 bridgehead atoms. The number of hydrogen-bond acceptors (Lipinski definition) is 1. The normalized spacial score (nSPS) is 9.93. The third-order valence-electron chi connectivity index (χ3n) is 2.27. The molecule has 1 rings (SSSR count). The van der Waals surface area contributed by atoms with E-state index in [1.54, 1.807) is 0 Å². The second-order valence-electron chi connectivity index (χ2n) is 3.49. The monoisotopic (exact) mass is 190 g/mol. The van der Waals surface area contributed by atoms with Crippen LogP contribution in [0.3, 0.4) is 0 Å². The van der Waals surface area contributed by atoms with E-state index in [9.17, 15) is 0 Å². The van der Waals surface area contributed by atoms with E-state index < -0.39 is 0 Å². The van der Waals surface area contributed by atoms with Crippen LogP contribution in [0.2, 0.25) is 0 Å². The quantitative estimate of drug-likeness (QED) is 0.477. The lowest BCUT2D eigenvalue weighted by atomic mass is 10.1. The first-order chi connectivity index (χ1) is 6.93. The van der Waals surface area contributed by atoms with Gasteiger partial charge in [-0.1, -0.05) is 19.3 Å². The maximum Gasteiger partial charge on any atom is 0.0489 e. The Bertz CT molecular complexity index is 256. The maximum atomic E-state index is 5.17. The van der Waals surface area contributed by atoms with E-state index in [1.807, 2.05) is 23.1 Å². The molecule has 76 valence electrons. The van der Waals surface area contributed by atoms with E-state index in [0.717, 1.165) is 13.0 Å². The fourth-order valence-electron chi connectivity index (χ4n) is 1.46. The molecule has 0 radical (unpaired) electrons. The lowest BCUT2D eigenvalue weighted by Crippen LogP contribution is -1.97. The summed E-state index contributed by atoms with van der Waals surface area (Å²) in [5.41, 5.74) is 0. The molecule has 1 aromatic heterocycles. The van der Waals surface area contributed by atoms with Crippen LogP contribution in [0.15, 0.2) is 18.5 Å². The van der Waals surface area contributed by atoms with Gasteiger partial charge in [0.05, 0.1) is 0 Å². The molecule has 1 heterocycles. The first-order valence-corrected chi connectivity index (χ1v) is 5.34.